The molecule has 1 N–H and O–H groups in total. The van der Waals surface area contributed by atoms with Gasteiger partial charge in [0.2, 0.25) is 0 Å². The zero-order valence-electron chi connectivity index (χ0n) is 11.2. The van der Waals surface area contributed by atoms with E-state index in [4.69, 9.17) is 0 Å². The van der Waals surface area contributed by atoms with Crippen molar-refractivity contribution in [2.24, 2.45) is 0 Å². The molecule has 0 aliphatic carbocycles. The van der Waals surface area contributed by atoms with Crippen LogP contribution in [-0.2, 0) is 12.1 Å². The average molecular weight is 249 g/mol. The zero-order chi connectivity index (χ0) is 12.6. The Morgan fingerprint density at radius 1 is 1.50 bits per heavy atom. The molecule has 2 unspecified atom stereocenters. The molecule has 0 amide bonds. The van der Waals surface area contributed by atoms with Gasteiger partial charge in [0, 0.05) is 25.3 Å². The molecule has 0 radical (unpaired) electrons. The van der Waals surface area contributed by atoms with Crippen molar-refractivity contribution in [2.75, 3.05) is 13.1 Å². The third kappa shape index (κ3) is 1.97. The lowest BCUT2D eigenvalue weighted by Gasteiger charge is -2.41. The summed E-state index contributed by atoms with van der Waals surface area (Å²) in [7, 11) is 0. The molecule has 2 aliphatic heterocycles. The van der Waals surface area contributed by atoms with Crippen LogP contribution in [0.3, 0.4) is 0 Å². The van der Waals surface area contributed by atoms with Gasteiger partial charge in [-0.25, -0.2) is 0 Å². The van der Waals surface area contributed by atoms with Crippen LogP contribution in [0.2, 0.25) is 0 Å². The standard InChI is InChI=1S/C14H23N3O/c1-2-8-17-13(5-7-15-17)14(18)6-10-16-9-3-4-12(16)11-14/h5,7,12,18H,2-4,6,8-11H2,1H3. The normalized spacial score (nSPS) is 32.7. The summed E-state index contributed by atoms with van der Waals surface area (Å²) in [5, 5.41) is 15.4. The monoisotopic (exact) mass is 249 g/mol. The largest absolute Gasteiger partial charge is 0.383 e. The number of hydrogen-bond acceptors (Lipinski definition) is 3. The summed E-state index contributed by atoms with van der Waals surface area (Å²) in [5.41, 5.74) is 0.368. The summed E-state index contributed by atoms with van der Waals surface area (Å²) < 4.78 is 1.99. The number of aliphatic hydroxyl groups is 1. The van der Waals surface area contributed by atoms with Gasteiger partial charge in [-0.05, 0) is 44.7 Å². The summed E-state index contributed by atoms with van der Waals surface area (Å²) in [6.07, 6.45) is 7.13. The highest BCUT2D eigenvalue weighted by molar-refractivity contribution is 5.15. The van der Waals surface area contributed by atoms with Gasteiger partial charge >= 0.3 is 0 Å². The summed E-state index contributed by atoms with van der Waals surface area (Å²) in [4.78, 5) is 2.54. The van der Waals surface area contributed by atoms with Crippen molar-refractivity contribution in [3.05, 3.63) is 18.0 Å². The molecule has 0 saturated carbocycles. The molecule has 18 heavy (non-hydrogen) atoms. The first kappa shape index (κ1) is 12.2. The Morgan fingerprint density at radius 2 is 2.39 bits per heavy atom. The molecule has 1 aromatic heterocycles. The van der Waals surface area contributed by atoms with Crippen molar-refractivity contribution in [3.63, 3.8) is 0 Å². The van der Waals surface area contributed by atoms with E-state index in [-0.39, 0.29) is 0 Å². The summed E-state index contributed by atoms with van der Waals surface area (Å²) in [5.74, 6) is 0. The Hall–Kier alpha value is -0.870. The fourth-order valence-electron chi connectivity index (χ4n) is 3.59. The first-order valence-corrected chi connectivity index (χ1v) is 7.22. The number of aryl methyl sites for hydroxylation is 1. The first-order chi connectivity index (χ1) is 8.73. The van der Waals surface area contributed by atoms with Crippen LogP contribution in [0.25, 0.3) is 0 Å². The topological polar surface area (TPSA) is 41.3 Å². The minimum absolute atomic E-state index is 0.578. The third-order valence-electron chi connectivity index (χ3n) is 4.51. The second kappa shape index (κ2) is 4.67. The van der Waals surface area contributed by atoms with E-state index in [1.807, 2.05) is 16.9 Å². The smallest absolute Gasteiger partial charge is 0.109 e. The maximum atomic E-state index is 11.0. The van der Waals surface area contributed by atoms with Crippen LogP contribution in [-0.4, -0.2) is 38.9 Å². The SMILES string of the molecule is CCCn1nccc1C1(O)CCN2CCCC2C1. The molecule has 0 bridgehead atoms. The highest BCUT2D eigenvalue weighted by atomic mass is 16.3. The first-order valence-electron chi connectivity index (χ1n) is 7.22. The molecule has 0 aromatic carbocycles. The van der Waals surface area contributed by atoms with Gasteiger partial charge in [0.1, 0.15) is 5.60 Å². The minimum atomic E-state index is -0.656. The molecule has 4 heteroatoms. The van der Waals surface area contributed by atoms with Crippen molar-refractivity contribution in [2.45, 2.75) is 57.2 Å². The van der Waals surface area contributed by atoms with Gasteiger partial charge < -0.3 is 10.0 Å². The molecule has 4 nitrogen and oxygen atoms in total. The van der Waals surface area contributed by atoms with Gasteiger partial charge in [-0.2, -0.15) is 5.10 Å². The lowest BCUT2D eigenvalue weighted by atomic mass is 9.84. The lowest BCUT2D eigenvalue weighted by molar-refractivity contribution is -0.0472. The number of nitrogens with zero attached hydrogens (tertiary/aromatic N) is 3. The van der Waals surface area contributed by atoms with Gasteiger partial charge in [0.25, 0.3) is 0 Å². The van der Waals surface area contributed by atoms with Crippen LogP contribution in [0, 0.1) is 0 Å². The quantitative estimate of drug-likeness (QED) is 0.887. The van der Waals surface area contributed by atoms with E-state index in [0.29, 0.717) is 6.04 Å². The number of rotatable bonds is 3. The van der Waals surface area contributed by atoms with E-state index in [1.165, 1.54) is 19.4 Å². The second-order valence-electron chi connectivity index (χ2n) is 5.76. The van der Waals surface area contributed by atoms with Gasteiger partial charge in [0.15, 0.2) is 0 Å². The van der Waals surface area contributed by atoms with Crippen LogP contribution in [0.1, 0.15) is 44.7 Å². The predicted octanol–water partition coefficient (Wildman–Crippen LogP) is 1.74. The third-order valence-corrected chi connectivity index (χ3v) is 4.51. The molecule has 2 fully saturated rings. The maximum absolute atomic E-state index is 11.0. The number of piperidine rings is 1. The molecular formula is C14H23N3O. The van der Waals surface area contributed by atoms with Crippen molar-refractivity contribution in [3.8, 4) is 0 Å². The molecule has 0 spiro atoms. The van der Waals surface area contributed by atoms with E-state index >= 15 is 0 Å². The second-order valence-corrected chi connectivity index (χ2v) is 5.76. The van der Waals surface area contributed by atoms with Crippen molar-refractivity contribution >= 4 is 0 Å². The van der Waals surface area contributed by atoms with E-state index in [9.17, 15) is 5.11 Å². The highest BCUT2D eigenvalue weighted by Crippen LogP contribution is 2.39. The number of hydrogen-bond donors (Lipinski definition) is 1. The van der Waals surface area contributed by atoms with E-state index in [1.54, 1.807) is 0 Å². The Balaban J connectivity index is 1.83. The van der Waals surface area contributed by atoms with Gasteiger partial charge in [-0.15, -0.1) is 0 Å². The molecule has 2 aliphatic rings. The van der Waals surface area contributed by atoms with Gasteiger partial charge in [0.05, 0.1) is 5.69 Å². The Labute approximate surface area is 109 Å². The Bertz CT molecular complexity index is 417. The molecule has 2 atom stereocenters. The van der Waals surface area contributed by atoms with Crippen LogP contribution in [0.5, 0.6) is 0 Å². The van der Waals surface area contributed by atoms with Gasteiger partial charge in [-0.1, -0.05) is 6.92 Å². The molecule has 3 rings (SSSR count). The Kier molecular flexibility index (Phi) is 3.16. The van der Waals surface area contributed by atoms with Crippen molar-refractivity contribution < 1.29 is 5.11 Å². The van der Waals surface area contributed by atoms with Gasteiger partial charge in [-0.3, -0.25) is 4.68 Å². The van der Waals surface area contributed by atoms with Crippen molar-refractivity contribution in [1.29, 1.82) is 0 Å². The van der Waals surface area contributed by atoms with E-state index < -0.39 is 5.60 Å². The average Bonchev–Trinajstić information content (AvgIpc) is 2.97. The summed E-state index contributed by atoms with van der Waals surface area (Å²) in [6, 6.07) is 2.58. The lowest BCUT2D eigenvalue weighted by Crippen LogP contribution is -2.46. The maximum Gasteiger partial charge on any atom is 0.109 e. The van der Waals surface area contributed by atoms with Crippen LogP contribution >= 0.6 is 0 Å². The molecule has 2 saturated heterocycles. The number of aromatic nitrogens is 2. The molecule has 1 aromatic rings. The Morgan fingerprint density at radius 3 is 3.22 bits per heavy atom. The fourth-order valence-corrected chi connectivity index (χ4v) is 3.59. The van der Waals surface area contributed by atoms with Crippen molar-refractivity contribution in [1.82, 2.24) is 14.7 Å². The summed E-state index contributed by atoms with van der Waals surface area (Å²) >= 11 is 0. The van der Waals surface area contributed by atoms with Crippen LogP contribution in [0.15, 0.2) is 12.3 Å². The molecule has 3 heterocycles. The zero-order valence-corrected chi connectivity index (χ0v) is 11.2. The van der Waals surface area contributed by atoms with E-state index in [0.717, 1.165) is 38.0 Å². The number of fused-ring (bicyclic) bond motifs is 1. The van der Waals surface area contributed by atoms with Crippen LogP contribution < -0.4 is 0 Å². The predicted molar refractivity (Wildman–Crippen MR) is 70.2 cm³/mol. The van der Waals surface area contributed by atoms with E-state index in [2.05, 4.69) is 16.9 Å². The summed E-state index contributed by atoms with van der Waals surface area (Å²) in [6.45, 7) is 5.29. The fraction of sp³-hybridized carbons (Fsp3) is 0.786. The molecule has 100 valence electrons. The highest BCUT2D eigenvalue weighted by Gasteiger charge is 2.42. The minimum Gasteiger partial charge on any atom is -0.383 e. The van der Waals surface area contributed by atoms with Crippen LogP contribution in [0.4, 0.5) is 0 Å². The molecular weight excluding hydrogens is 226 g/mol.